The summed E-state index contributed by atoms with van der Waals surface area (Å²) < 4.78 is 6.27. The molecule has 2 rings (SSSR count). The first kappa shape index (κ1) is 13.8. The number of aliphatic hydroxyl groups is 1. The highest BCUT2D eigenvalue weighted by Gasteiger charge is 2.27. The van der Waals surface area contributed by atoms with Gasteiger partial charge in [0.05, 0.1) is 24.3 Å². The molecule has 6 nitrogen and oxygen atoms in total. The molecule has 0 fully saturated rings. The van der Waals surface area contributed by atoms with Crippen molar-refractivity contribution in [3.8, 4) is 0 Å². The van der Waals surface area contributed by atoms with Gasteiger partial charge in [-0.15, -0.1) is 10.2 Å². The van der Waals surface area contributed by atoms with Gasteiger partial charge in [0.1, 0.15) is 5.82 Å². The summed E-state index contributed by atoms with van der Waals surface area (Å²) >= 11 is 6.08. The van der Waals surface area contributed by atoms with Gasteiger partial charge in [0.2, 0.25) is 0 Å². The van der Waals surface area contributed by atoms with Crippen LogP contribution in [0.25, 0.3) is 5.65 Å². The van der Waals surface area contributed by atoms with Crippen LogP contribution in [-0.2, 0) is 10.2 Å². The van der Waals surface area contributed by atoms with Crippen molar-refractivity contribution in [2.45, 2.75) is 19.3 Å². The highest BCUT2D eigenvalue weighted by molar-refractivity contribution is 6.33. The second-order valence-corrected chi connectivity index (χ2v) is 5.23. The van der Waals surface area contributed by atoms with Crippen LogP contribution in [0.1, 0.15) is 30.0 Å². The van der Waals surface area contributed by atoms with E-state index in [4.69, 9.17) is 11.6 Å². The summed E-state index contributed by atoms with van der Waals surface area (Å²) in [4.78, 5) is 11.6. The molecule has 0 spiro atoms. The first-order chi connectivity index (χ1) is 8.90. The molecular formula is C12H14ClN3O3. The third kappa shape index (κ3) is 2.29. The minimum absolute atomic E-state index is 0.103. The maximum absolute atomic E-state index is 11.6. The molecule has 19 heavy (non-hydrogen) atoms. The zero-order valence-electron chi connectivity index (χ0n) is 10.8. The van der Waals surface area contributed by atoms with E-state index in [0.717, 1.165) is 0 Å². The molecule has 0 saturated heterocycles. The molecule has 7 heteroatoms. The highest BCUT2D eigenvalue weighted by atomic mass is 35.5. The standard InChI is InChI=1S/C12H14ClN3O3/c1-12(2,6-17)11-15-14-9-8(13)4-7(5-16(9)11)10(18)19-3/h4-5,17H,6H2,1-3H3. The lowest BCUT2D eigenvalue weighted by molar-refractivity contribution is 0.0600. The van der Waals surface area contributed by atoms with Crippen LogP contribution in [-0.4, -0.2) is 39.4 Å². The van der Waals surface area contributed by atoms with Crippen molar-refractivity contribution < 1.29 is 14.6 Å². The molecule has 0 aliphatic heterocycles. The molecule has 0 aliphatic rings. The number of nitrogens with zero attached hydrogens (tertiary/aromatic N) is 3. The fourth-order valence-electron chi connectivity index (χ4n) is 1.72. The summed E-state index contributed by atoms with van der Waals surface area (Å²) in [6.45, 7) is 3.54. The maximum atomic E-state index is 11.6. The molecule has 2 aromatic heterocycles. The lowest BCUT2D eigenvalue weighted by atomic mass is 9.94. The number of ether oxygens (including phenoxy) is 1. The lowest BCUT2D eigenvalue weighted by Crippen LogP contribution is -2.25. The molecule has 1 N–H and O–H groups in total. The molecule has 0 atom stereocenters. The quantitative estimate of drug-likeness (QED) is 0.863. The van der Waals surface area contributed by atoms with Crippen LogP contribution in [0, 0.1) is 0 Å². The lowest BCUT2D eigenvalue weighted by Gasteiger charge is -2.19. The number of hydrogen-bond acceptors (Lipinski definition) is 5. The average molecular weight is 284 g/mol. The van der Waals surface area contributed by atoms with Crippen LogP contribution in [0.4, 0.5) is 0 Å². The number of fused-ring (bicyclic) bond motifs is 1. The van der Waals surface area contributed by atoms with Gasteiger partial charge in [-0.05, 0) is 6.07 Å². The molecule has 0 bridgehead atoms. The van der Waals surface area contributed by atoms with Gasteiger partial charge < -0.3 is 9.84 Å². The molecule has 2 heterocycles. The van der Waals surface area contributed by atoms with E-state index in [9.17, 15) is 9.90 Å². The van der Waals surface area contributed by atoms with Gasteiger partial charge in [0.25, 0.3) is 0 Å². The van der Waals surface area contributed by atoms with Crippen LogP contribution >= 0.6 is 11.6 Å². The molecule has 2 aromatic rings. The minimum Gasteiger partial charge on any atom is -0.465 e. The van der Waals surface area contributed by atoms with Gasteiger partial charge in [-0.1, -0.05) is 25.4 Å². The molecule has 0 radical (unpaired) electrons. The van der Waals surface area contributed by atoms with Crippen LogP contribution in [0.2, 0.25) is 5.02 Å². The summed E-state index contributed by atoms with van der Waals surface area (Å²) in [5.74, 6) is 0.0305. The number of carbonyl (C=O) groups is 1. The van der Waals surface area contributed by atoms with E-state index >= 15 is 0 Å². The van der Waals surface area contributed by atoms with E-state index in [2.05, 4.69) is 14.9 Å². The number of aromatic nitrogens is 3. The van der Waals surface area contributed by atoms with Crippen molar-refractivity contribution in [2.75, 3.05) is 13.7 Å². The van der Waals surface area contributed by atoms with Crippen molar-refractivity contribution in [3.63, 3.8) is 0 Å². The van der Waals surface area contributed by atoms with E-state index in [0.29, 0.717) is 22.1 Å². The van der Waals surface area contributed by atoms with E-state index in [1.165, 1.54) is 13.2 Å². The molecule has 0 aromatic carbocycles. The number of rotatable bonds is 3. The smallest absolute Gasteiger partial charge is 0.339 e. The van der Waals surface area contributed by atoms with Gasteiger partial charge in [-0.25, -0.2) is 4.79 Å². The first-order valence-corrected chi connectivity index (χ1v) is 6.02. The second kappa shape index (κ2) is 4.79. The normalized spacial score (nSPS) is 11.8. The third-order valence-corrected chi connectivity index (χ3v) is 3.16. The molecule has 0 saturated carbocycles. The van der Waals surface area contributed by atoms with Crippen molar-refractivity contribution in [1.82, 2.24) is 14.6 Å². The number of carbonyl (C=O) groups excluding carboxylic acids is 1. The maximum Gasteiger partial charge on any atom is 0.339 e. The van der Waals surface area contributed by atoms with Crippen molar-refractivity contribution in [3.05, 3.63) is 28.7 Å². The monoisotopic (exact) mass is 283 g/mol. The predicted molar refractivity (Wildman–Crippen MR) is 69.4 cm³/mol. The summed E-state index contributed by atoms with van der Waals surface area (Å²) in [6.07, 6.45) is 1.56. The Morgan fingerprint density at radius 1 is 1.53 bits per heavy atom. The third-order valence-electron chi connectivity index (χ3n) is 2.88. The topological polar surface area (TPSA) is 76.7 Å². The van der Waals surface area contributed by atoms with Crippen molar-refractivity contribution in [2.24, 2.45) is 0 Å². The Hall–Kier alpha value is -1.66. The van der Waals surface area contributed by atoms with Crippen LogP contribution in [0.3, 0.4) is 0 Å². The first-order valence-electron chi connectivity index (χ1n) is 5.64. The molecule has 0 unspecified atom stereocenters. The van der Waals surface area contributed by atoms with Crippen LogP contribution < -0.4 is 0 Å². The average Bonchev–Trinajstić information content (AvgIpc) is 2.82. The van der Waals surface area contributed by atoms with Gasteiger partial charge in [0.15, 0.2) is 5.65 Å². The van der Waals surface area contributed by atoms with E-state index in [1.54, 1.807) is 10.6 Å². The summed E-state index contributed by atoms with van der Waals surface area (Å²) in [7, 11) is 1.30. The van der Waals surface area contributed by atoms with E-state index in [-0.39, 0.29) is 6.61 Å². The Morgan fingerprint density at radius 2 is 2.21 bits per heavy atom. The molecular weight excluding hydrogens is 270 g/mol. The number of halogens is 1. The van der Waals surface area contributed by atoms with Gasteiger partial charge in [-0.3, -0.25) is 4.40 Å². The van der Waals surface area contributed by atoms with Crippen molar-refractivity contribution in [1.29, 1.82) is 0 Å². The van der Waals surface area contributed by atoms with Gasteiger partial charge in [0, 0.05) is 11.6 Å². The fourth-order valence-corrected chi connectivity index (χ4v) is 1.96. The summed E-state index contributed by atoms with van der Waals surface area (Å²) in [5, 5.41) is 17.7. The Morgan fingerprint density at radius 3 is 2.79 bits per heavy atom. The Labute approximate surface area is 115 Å². The number of hydrogen-bond donors (Lipinski definition) is 1. The SMILES string of the molecule is COC(=O)c1cc(Cl)c2nnc(C(C)(C)CO)n2c1. The molecule has 102 valence electrons. The minimum atomic E-state index is -0.600. The molecule has 0 amide bonds. The van der Waals surface area contributed by atoms with Gasteiger partial charge in [-0.2, -0.15) is 0 Å². The zero-order valence-corrected chi connectivity index (χ0v) is 11.6. The fraction of sp³-hybridized carbons (Fsp3) is 0.417. The number of aliphatic hydroxyl groups excluding tert-OH is 1. The second-order valence-electron chi connectivity index (χ2n) is 4.83. The zero-order chi connectivity index (χ0) is 14.2. The number of methoxy groups -OCH3 is 1. The number of esters is 1. The Bertz CT molecular complexity index is 636. The van der Waals surface area contributed by atoms with E-state index < -0.39 is 11.4 Å². The summed E-state index contributed by atoms with van der Waals surface area (Å²) in [5.41, 5.74) is 0.137. The predicted octanol–water partition coefficient (Wildman–Crippen LogP) is 1.44. The van der Waals surface area contributed by atoms with Gasteiger partial charge >= 0.3 is 5.97 Å². The van der Waals surface area contributed by atoms with Crippen LogP contribution in [0.15, 0.2) is 12.3 Å². The largest absolute Gasteiger partial charge is 0.465 e. The highest BCUT2D eigenvalue weighted by Crippen LogP contribution is 2.25. The van der Waals surface area contributed by atoms with E-state index in [1.807, 2.05) is 13.8 Å². The van der Waals surface area contributed by atoms with Crippen LogP contribution in [0.5, 0.6) is 0 Å². The molecule has 0 aliphatic carbocycles. The summed E-state index contributed by atoms with van der Waals surface area (Å²) in [6, 6.07) is 1.48. The Kier molecular flexibility index (Phi) is 3.47. The Balaban J connectivity index is 2.70. The van der Waals surface area contributed by atoms with Crippen molar-refractivity contribution >= 4 is 23.2 Å². The number of pyridine rings is 1.